The van der Waals surface area contributed by atoms with Crippen LogP contribution in [0.4, 0.5) is 0 Å². The summed E-state index contributed by atoms with van der Waals surface area (Å²) in [7, 11) is 0. The van der Waals surface area contributed by atoms with E-state index in [4.69, 9.17) is 4.74 Å². The van der Waals surface area contributed by atoms with Crippen molar-refractivity contribution in [3.8, 4) is 5.69 Å². The number of nitrogens with zero attached hydrogens (tertiary/aromatic N) is 3. The van der Waals surface area contributed by atoms with E-state index in [1.54, 1.807) is 18.0 Å². The van der Waals surface area contributed by atoms with Gasteiger partial charge in [0.05, 0.1) is 24.0 Å². The molecule has 0 N–H and O–H groups in total. The van der Waals surface area contributed by atoms with Gasteiger partial charge in [0.25, 0.3) is 0 Å². The minimum Gasteiger partial charge on any atom is -0.381 e. The molecule has 0 fully saturated rings. The zero-order valence-electron chi connectivity index (χ0n) is 11.9. The second kappa shape index (κ2) is 6.74. The van der Waals surface area contributed by atoms with Crippen LogP contribution in [-0.2, 0) is 4.74 Å². The minimum atomic E-state index is 0.768. The largest absolute Gasteiger partial charge is 0.381 e. The lowest BCUT2D eigenvalue weighted by Crippen LogP contribution is -1.95. The number of hydrogen-bond acceptors (Lipinski definition) is 4. The molecular weight excluding hydrogens is 282 g/mol. The van der Waals surface area contributed by atoms with Gasteiger partial charge in [0.2, 0.25) is 0 Å². The number of hydrogen-bond donors (Lipinski definition) is 0. The Morgan fingerprint density at radius 1 is 1.24 bits per heavy atom. The van der Waals surface area contributed by atoms with Crippen molar-refractivity contribution in [2.75, 3.05) is 19.0 Å². The quantitative estimate of drug-likeness (QED) is 0.515. The summed E-state index contributed by atoms with van der Waals surface area (Å²) in [5.74, 6) is 0.949. The summed E-state index contributed by atoms with van der Waals surface area (Å²) in [6.45, 7) is 3.56. The van der Waals surface area contributed by atoms with Gasteiger partial charge in [-0.15, -0.1) is 11.8 Å². The fourth-order valence-corrected chi connectivity index (χ4v) is 3.03. The molecule has 5 heteroatoms. The van der Waals surface area contributed by atoms with E-state index in [1.165, 1.54) is 10.3 Å². The van der Waals surface area contributed by atoms with Gasteiger partial charge >= 0.3 is 0 Å². The minimum absolute atomic E-state index is 0.768. The lowest BCUT2D eigenvalue weighted by Gasteiger charge is -2.02. The number of benzene rings is 1. The van der Waals surface area contributed by atoms with Crippen LogP contribution in [0.3, 0.4) is 0 Å². The molecule has 3 aromatic rings. The molecule has 2 aromatic heterocycles. The van der Waals surface area contributed by atoms with Gasteiger partial charge in [-0.05, 0) is 31.2 Å². The topological polar surface area (TPSA) is 39.9 Å². The van der Waals surface area contributed by atoms with Crippen molar-refractivity contribution in [3.05, 3.63) is 48.9 Å². The molecule has 0 radical (unpaired) electrons. The molecule has 0 atom stereocenters. The van der Waals surface area contributed by atoms with E-state index in [1.807, 2.05) is 42.1 Å². The zero-order valence-corrected chi connectivity index (χ0v) is 12.7. The third kappa shape index (κ3) is 3.25. The summed E-state index contributed by atoms with van der Waals surface area (Å²) >= 11 is 1.80. The fourth-order valence-electron chi connectivity index (χ4n) is 2.12. The van der Waals surface area contributed by atoms with E-state index in [9.17, 15) is 0 Å². The first-order valence-electron chi connectivity index (χ1n) is 6.98. The monoisotopic (exact) mass is 299 g/mol. The standard InChI is InChI=1S/C16H17N3OS/c1-2-20-9-10-21-16-7-3-6-15-14(16)12-19(18-15)13-5-4-8-17-11-13/h3-8,11-12H,2,9-10H2,1H3. The van der Waals surface area contributed by atoms with E-state index in [-0.39, 0.29) is 0 Å². The second-order valence-corrected chi connectivity index (χ2v) is 5.66. The van der Waals surface area contributed by atoms with Crippen molar-refractivity contribution in [1.29, 1.82) is 0 Å². The zero-order chi connectivity index (χ0) is 14.5. The Balaban J connectivity index is 1.87. The molecule has 3 rings (SSSR count). The molecule has 2 heterocycles. The molecule has 0 aliphatic carbocycles. The summed E-state index contributed by atoms with van der Waals surface area (Å²) in [5, 5.41) is 5.79. The second-order valence-electron chi connectivity index (χ2n) is 4.52. The van der Waals surface area contributed by atoms with Crippen LogP contribution in [0.2, 0.25) is 0 Å². The molecular formula is C16H17N3OS. The Bertz CT molecular complexity index is 712. The number of pyridine rings is 1. The predicted molar refractivity (Wildman–Crippen MR) is 86.1 cm³/mol. The number of aromatic nitrogens is 3. The van der Waals surface area contributed by atoms with Gasteiger partial charge in [-0.1, -0.05) is 6.07 Å². The summed E-state index contributed by atoms with van der Waals surface area (Å²) in [4.78, 5) is 5.38. The predicted octanol–water partition coefficient (Wildman–Crippen LogP) is 3.55. The van der Waals surface area contributed by atoms with E-state index < -0.39 is 0 Å². The smallest absolute Gasteiger partial charge is 0.0939 e. The highest BCUT2D eigenvalue weighted by atomic mass is 32.2. The number of ether oxygens (including phenoxy) is 1. The maximum absolute atomic E-state index is 5.39. The van der Waals surface area contributed by atoms with Crippen LogP contribution in [0.25, 0.3) is 16.6 Å². The van der Waals surface area contributed by atoms with Crippen LogP contribution < -0.4 is 0 Å². The average Bonchev–Trinajstić information content (AvgIpc) is 2.97. The highest BCUT2D eigenvalue weighted by molar-refractivity contribution is 7.99. The van der Waals surface area contributed by atoms with Crippen LogP contribution in [0, 0.1) is 0 Å². The molecule has 0 bridgehead atoms. The fraction of sp³-hybridized carbons (Fsp3) is 0.250. The summed E-state index contributed by atoms with van der Waals surface area (Å²) in [6, 6.07) is 10.1. The van der Waals surface area contributed by atoms with Gasteiger partial charge in [0, 0.05) is 35.0 Å². The van der Waals surface area contributed by atoms with Crippen LogP contribution in [-0.4, -0.2) is 33.7 Å². The molecule has 21 heavy (non-hydrogen) atoms. The molecule has 0 aliphatic rings. The highest BCUT2D eigenvalue weighted by Crippen LogP contribution is 2.28. The van der Waals surface area contributed by atoms with Gasteiger partial charge in [0.1, 0.15) is 0 Å². The maximum Gasteiger partial charge on any atom is 0.0939 e. The van der Waals surface area contributed by atoms with Gasteiger partial charge < -0.3 is 4.74 Å². The van der Waals surface area contributed by atoms with E-state index in [0.29, 0.717) is 0 Å². The summed E-state index contributed by atoms with van der Waals surface area (Å²) in [5.41, 5.74) is 1.97. The molecule has 0 saturated heterocycles. The van der Waals surface area contributed by atoms with Gasteiger partial charge in [-0.2, -0.15) is 5.10 Å². The SMILES string of the molecule is CCOCCSc1cccc2nn(-c3cccnc3)cc12. The lowest BCUT2D eigenvalue weighted by molar-refractivity contribution is 0.164. The molecule has 1 aromatic carbocycles. The first-order valence-corrected chi connectivity index (χ1v) is 7.96. The third-order valence-electron chi connectivity index (χ3n) is 3.11. The van der Waals surface area contributed by atoms with Gasteiger partial charge in [-0.3, -0.25) is 4.98 Å². The summed E-state index contributed by atoms with van der Waals surface area (Å²) in [6.07, 6.45) is 5.64. The van der Waals surface area contributed by atoms with Crippen LogP contribution >= 0.6 is 11.8 Å². The summed E-state index contributed by atoms with van der Waals surface area (Å²) < 4.78 is 7.27. The van der Waals surface area contributed by atoms with Crippen molar-refractivity contribution in [2.45, 2.75) is 11.8 Å². The molecule has 0 aliphatic heterocycles. The van der Waals surface area contributed by atoms with Crippen molar-refractivity contribution in [1.82, 2.24) is 14.8 Å². The Labute approximate surface area is 128 Å². The number of rotatable bonds is 6. The average molecular weight is 299 g/mol. The van der Waals surface area contributed by atoms with Gasteiger partial charge in [-0.25, -0.2) is 4.68 Å². The van der Waals surface area contributed by atoms with Crippen molar-refractivity contribution in [3.63, 3.8) is 0 Å². The Morgan fingerprint density at radius 3 is 3.00 bits per heavy atom. The third-order valence-corrected chi connectivity index (χ3v) is 4.15. The van der Waals surface area contributed by atoms with Gasteiger partial charge in [0.15, 0.2) is 0 Å². The molecule has 4 nitrogen and oxygen atoms in total. The molecule has 0 saturated carbocycles. The van der Waals surface area contributed by atoms with Crippen LogP contribution in [0.5, 0.6) is 0 Å². The first kappa shape index (κ1) is 14.1. The van der Waals surface area contributed by atoms with E-state index >= 15 is 0 Å². The Kier molecular flexibility index (Phi) is 4.52. The Hall–Kier alpha value is -1.85. The van der Waals surface area contributed by atoms with E-state index in [2.05, 4.69) is 22.3 Å². The lowest BCUT2D eigenvalue weighted by atomic mass is 10.3. The van der Waals surface area contributed by atoms with Crippen LogP contribution in [0.15, 0.2) is 53.8 Å². The first-order chi connectivity index (χ1) is 10.4. The molecule has 0 spiro atoms. The van der Waals surface area contributed by atoms with Crippen LogP contribution in [0.1, 0.15) is 6.92 Å². The number of thioether (sulfide) groups is 1. The normalized spacial score (nSPS) is 11.1. The number of fused-ring (bicyclic) bond motifs is 1. The Morgan fingerprint density at radius 2 is 2.19 bits per heavy atom. The van der Waals surface area contributed by atoms with Crippen molar-refractivity contribution < 1.29 is 4.74 Å². The molecule has 108 valence electrons. The van der Waals surface area contributed by atoms with E-state index in [0.717, 1.165) is 30.2 Å². The molecule has 0 unspecified atom stereocenters. The molecule has 0 amide bonds. The highest BCUT2D eigenvalue weighted by Gasteiger charge is 2.07. The van der Waals surface area contributed by atoms with Crippen molar-refractivity contribution in [2.24, 2.45) is 0 Å². The maximum atomic E-state index is 5.39. The van der Waals surface area contributed by atoms with Crippen molar-refractivity contribution >= 4 is 22.7 Å².